The number of amides is 1. The molecule has 0 saturated carbocycles. The van der Waals surface area contributed by atoms with E-state index in [1.807, 2.05) is 48.5 Å². The highest BCUT2D eigenvalue weighted by atomic mass is 35.5. The van der Waals surface area contributed by atoms with Gasteiger partial charge in [0.15, 0.2) is 0 Å². The Kier molecular flexibility index (Phi) is 4.99. The van der Waals surface area contributed by atoms with Crippen LogP contribution in [-0.4, -0.2) is 9.86 Å². The molecule has 1 aromatic heterocycles. The summed E-state index contributed by atoms with van der Waals surface area (Å²) in [6.45, 7) is 0.413. The molecule has 1 amide bonds. The molecule has 0 atom stereocenters. The molecule has 3 rings (SSSR count). The third-order valence-corrected chi connectivity index (χ3v) is 5.21. The highest BCUT2D eigenvalue weighted by Crippen LogP contribution is 2.29. The molecule has 0 spiro atoms. The van der Waals surface area contributed by atoms with Gasteiger partial charge in [0.1, 0.15) is 15.2 Å². The average molecular weight is 376 g/mol. The van der Waals surface area contributed by atoms with E-state index in [2.05, 4.69) is 5.32 Å². The number of nitrogens with two attached hydrogens (primary N) is 1. The highest BCUT2D eigenvalue weighted by molar-refractivity contribution is 7.71. The maximum Gasteiger partial charge on any atom is 0.257 e. The minimum Gasteiger partial charge on any atom is -0.389 e. The first-order chi connectivity index (χ1) is 11.6. The Morgan fingerprint density at radius 3 is 2.54 bits per heavy atom. The number of nitrogen functional groups attached to an aromatic ring is 1. The molecule has 3 N–H and O–H groups in total. The number of carbonyl (C=O) groups is 1. The summed E-state index contributed by atoms with van der Waals surface area (Å²) in [5.41, 5.74) is 8.05. The molecule has 122 valence electrons. The molecule has 3 aromatic rings. The third kappa shape index (κ3) is 3.36. The molecule has 0 bridgehead atoms. The Balaban J connectivity index is 1.88. The molecular weight excluding hydrogens is 362 g/mol. The summed E-state index contributed by atoms with van der Waals surface area (Å²) >= 11 is 12.9. The van der Waals surface area contributed by atoms with Gasteiger partial charge in [-0.15, -0.1) is 0 Å². The summed E-state index contributed by atoms with van der Waals surface area (Å²) in [7, 11) is 0. The van der Waals surface area contributed by atoms with Gasteiger partial charge < -0.3 is 11.1 Å². The molecule has 0 aliphatic rings. The quantitative estimate of drug-likeness (QED) is 0.663. The first kappa shape index (κ1) is 16.7. The second-order valence-corrected chi connectivity index (χ2v) is 6.83. The Hall–Kier alpha value is -2.15. The van der Waals surface area contributed by atoms with Crippen LogP contribution in [0, 0.1) is 4.64 Å². The van der Waals surface area contributed by atoms with Crippen LogP contribution in [0.5, 0.6) is 0 Å². The number of aromatic nitrogens is 1. The zero-order valence-electron chi connectivity index (χ0n) is 12.5. The second-order valence-electron chi connectivity index (χ2n) is 5.05. The third-order valence-electron chi connectivity index (χ3n) is 3.43. The number of hydrogen-bond acceptors (Lipinski definition) is 4. The van der Waals surface area contributed by atoms with E-state index >= 15 is 0 Å². The molecule has 4 nitrogen and oxygen atoms in total. The van der Waals surface area contributed by atoms with Gasteiger partial charge in [0.05, 0.1) is 10.7 Å². The topological polar surface area (TPSA) is 60.0 Å². The van der Waals surface area contributed by atoms with Gasteiger partial charge in [-0.2, -0.15) is 0 Å². The molecule has 2 aromatic carbocycles. The fraction of sp³-hybridized carbons (Fsp3) is 0.0588. The minimum atomic E-state index is -0.289. The molecular formula is C17H14ClN3OS2. The van der Waals surface area contributed by atoms with Crippen LogP contribution >= 0.6 is 35.4 Å². The van der Waals surface area contributed by atoms with Crippen LogP contribution in [0.3, 0.4) is 0 Å². The summed E-state index contributed by atoms with van der Waals surface area (Å²) in [4.78, 5) is 12.5. The van der Waals surface area contributed by atoms with E-state index in [1.54, 1.807) is 10.0 Å². The van der Waals surface area contributed by atoms with Gasteiger partial charge in [-0.1, -0.05) is 66.3 Å². The molecule has 24 heavy (non-hydrogen) atoms. The van der Waals surface area contributed by atoms with E-state index in [0.29, 0.717) is 32.5 Å². The summed E-state index contributed by atoms with van der Waals surface area (Å²) in [6, 6.07) is 16.9. The van der Waals surface area contributed by atoms with Crippen molar-refractivity contribution in [2.45, 2.75) is 6.54 Å². The maximum absolute atomic E-state index is 12.5. The Labute approximate surface area is 153 Å². The lowest BCUT2D eigenvalue weighted by molar-refractivity contribution is 0.0951. The van der Waals surface area contributed by atoms with Crippen LogP contribution < -0.4 is 11.1 Å². The molecule has 0 unspecified atom stereocenters. The van der Waals surface area contributed by atoms with Gasteiger partial charge in [-0.05, 0) is 29.2 Å². The van der Waals surface area contributed by atoms with Gasteiger partial charge in [0.2, 0.25) is 0 Å². The van der Waals surface area contributed by atoms with Gasteiger partial charge in [-0.25, -0.2) is 0 Å². The summed E-state index contributed by atoms with van der Waals surface area (Å²) < 4.78 is 2.06. The van der Waals surface area contributed by atoms with Crippen LogP contribution in [0.25, 0.3) is 5.69 Å². The number of rotatable bonds is 4. The van der Waals surface area contributed by atoms with Gasteiger partial charge in [-0.3, -0.25) is 8.75 Å². The fourth-order valence-electron chi connectivity index (χ4n) is 2.24. The van der Waals surface area contributed by atoms with E-state index in [-0.39, 0.29) is 5.91 Å². The normalized spacial score (nSPS) is 10.5. The van der Waals surface area contributed by atoms with Crippen LogP contribution in [-0.2, 0) is 6.54 Å². The number of nitrogens with zero attached hydrogens (tertiary/aromatic N) is 1. The van der Waals surface area contributed by atoms with Crippen LogP contribution in [0.2, 0.25) is 5.02 Å². The van der Waals surface area contributed by atoms with Crippen molar-refractivity contribution < 1.29 is 4.79 Å². The molecule has 0 aliphatic carbocycles. The van der Waals surface area contributed by atoms with E-state index in [0.717, 1.165) is 5.56 Å². The lowest BCUT2D eigenvalue weighted by atomic mass is 10.2. The van der Waals surface area contributed by atoms with E-state index in [4.69, 9.17) is 29.6 Å². The monoisotopic (exact) mass is 375 g/mol. The molecule has 0 aliphatic heterocycles. The van der Waals surface area contributed by atoms with Gasteiger partial charge >= 0.3 is 0 Å². The number of halogens is 1. The molecule has 0 fully saturated rings. The summed E-state index contributed by atoms with van der Waals surface area (Å²) in [5.74, 6) is -0.289. The van der Waals surface area contributed by atoms with Crippen molar-refractivity contribution in [2.24, 2.45) is 0 Å². The largest absolute Gasteiger partial charge is 0.389 e. The fourth-order valence-corrected chi connectivity index (χ4v) is 3.90. The second kappa shape index (κ2) is 7.17. The van der Waals surface area contributed by atoms with Crippen molar-refractivity contribution in [3.63, 3.8) is 0 Å². The van der Waals surface area contributed by atoms with Crippen LogP contribution in [0.4, 0.5) is 5.00 Å². The van der Waals surface area contributed by atoms with Crippen molar-refractivity contribution in [1.82, 2.24) is 9.27 Å². The maximum atomic E-state index is 12.5. The first-order valence-electron chi connectivity index (χ1n) is 7.16. The van der Waals surface area contributed by atoms with Crippen LogP contribution in [0.15, 0.2) is 54.6 Å². The Morgan fingerprint density at radius 2 is 1.83 bits per heavy atom. The first-order valence-corrected chi connectivity index (χ1v) is 8.72. The lowest BCUT2D eigenvalue weighted by Crippen LogP contribution is -2.23. The number of carbonyl (C=O) groups excluding carboxylic acids is 1. The Bertz CT molecular complexity index is 935. The smallest absolute Gasteiger partial charge is 0.257 e. The van der Waals surface area contributed by atoms with E-state index < -0.39 is 0 Å². The zero-order chi connectivity index (χ0) is 17.1. The predicted octanol–water partition coefficient (Wildman–Crippen LogP) is 4.43. The number of hydrogen-bond donors (Lipinski definition) is 2. The SMILES string of the molecule is Nc1sn(-c2ccccc2Cl)c(=S)c1C(=O)NCc1ccccc1. The summed E-state index contributed by atoms with van der Waals surface area (Å²) in [5, 5.41) is 3.76. The van der Waals surface area contributed by atoms with Crippen molar-refractivity contribution in [3.8, 4) is 5.69 Å². The number of para-hydroxylation sites is 1. The van der Waals surface area contributed by atoms with Gasteiger partial charge in [0, 0.05) is 6.54 Å². The minimum absolute atomic E-state index is 0.289. The number of benzene rings is 2. The lowest BCUT2D eigenvalue weighted by Gasteiger charge is -2.05. The van der Waals surface area contributed by atoms with Crippen molar-refractivity contribution in [1.29, 1.82) is 0 Å². The van der Waals surface area contributed by atoms with Crippen molar-refractivity contribution >= 4 is 46.3 Å². The Morgan fingerprint density at radius 1 is 1.17 bits per heavy atom. The molecule has 0 saturated heterocycles. The molecule has 1 heterocycles. The van der Waals surface area contributed by atoms with E-state index in [1.165, 1.54) is 11.5 Å². The highest BCUT2D eigenvalue weighted by Gasteiger charge is 2.19. The van der Waals surface area contributed by atoms with Gasteiger partial charge in [0.25, 0.3) is 5.91 Å². The summed E-state index contributed by atoms with van der Waals surface area (Å²) in [6.07, 6.45) is 0. The van der Waals surface area contributed by atoms with Crippen LogP contribution in [0.1, 0.15) is 15.9 Å². The average Bonchev–Trinajstić information content (AvgIpc) is 2.88. The zero-order valence-corrected chi connectivity index (χ0v) is 14.9. The number of nitrogens with one attached hydrogen (secondary N) is 1. The number of anilines is 1. The van der Waals surface area contributed by atoms with E-state index in [9.17, 15) is 4.79 Å². The molecule has 7 heteroatoms. The standard InChI is InChI=1S/C17H14ClN3OS2/c18-12-8-4-5-9-13(12)21-17(23)14(15(19)24-21)16(22)20-10-11-6-2-1-3-7-11/h1-9H,10,19H2,(H,20,22). The van der Waals surface area contributed by atoms with Crippen molar-refractivity contribution in [2.75, 3.05) is 5.73 Å². The van der Waals surface area contributed by atoms with Crippen molar-refractivity contribution in [3.05, 3.63) is 75.4 Å². The predicted molar refractivity (Wildman–Crippen MR) is 102 cm³/mol. The molecule has 0 radical (unpaired) electrons.